The maximum atomic E-state index is 12.8. The van der Waals surface area contributed by atoms with Crippen LogP contribution >= 0.6 is 0 Å². The quantitative estimate of drug-likeness (QED) is 0.733. The third-order valence-corrected chi connectivity index (χ3v) is 3.84. The molecule has 118 valence electrons. The van der Waals surface area contributed by atoms with Crippen molar-refractivity contribution in [2.24, 2.45) is 0 Å². The summed E-state index contributed by atoms with van der Waals surface area (Å²) in [7, 11) is 0. The highest BCUT2D eigenvalue weighted by molar-refractivity contribution is 6.04. The number of para-hydroxylation sites is 1. The number of carbonyl (C=O) groups excluding carboxylic acids is 1. The van der Waals surface area contributed by atoms with Gasteiger partial charge in [0.25, 0.3) is 5.91 Å². The van der Waals surface area contributed by atoms with Gasteiger partial charge >= 0.3 is 0 Å². The number of aromatic nitrogens is 2. The molecular weight excluding hydrogens is 290 g/mol. The lowest BCUT2D eigenvalue weighted by atomic mass is 10.1. The summed E-state index contributed by atoms with van der Waals surface area (Å²) in [6.07, 6.45) is 0.745. The van der Waals surface area contributed by atoms with E-state index in [0.29, 0.717) is 18.8 Å². The molecule has 0 unspecified atom stereocenters. The number of benzene rings is 2. The molecule has 1 amide bonds. The van der Waals surface area contributed by atoms with Crippen molar-refractivity contribution in [3.05, 3.63) is 65.9 Å². The predicted molar refractivity (Wildman–Crippen MR) is 89.2 cm³/mol. The van der Waals surface area contributed by atoms with Crippen LogP contribution < -0.4 is 0 Å². The molecule has 0 fully saturated rings. The standard InChI is InChI=1S/C18H19N3O2/c22-13-12-21(11-10-14-6-2-1-3-7-14)18(23)17-15-8-4-5-9-16(15)19-20-17/h1-9,22H,10-13H2,(H,19,20). The van der Waals surface area contributed by atoms with Gasteiger partial charge in [0.1, 0.15) is 0 Å². The molecule has 3 aromatic rings. The van der Waals surface area contributed by atoms with Crippen molar-refractivity contribution in [3.63, 3.8) is 0 Å². The maximum absolute atomic E-state index is 12.8. The van der Waals surface area contributed by atoms with E-state index in [1.54, 1.807) is 4.90 Å². The fourth-order valence-corrected chi connectivity index (χ4v) is 2.62. The Labute approximate surface area is 134 Å². The van der Waals surface area contributed by atoms with E-state index in [-0.39, 0.29) is 12.5 Å². The van der Waals surface area contributed by atoms with Crippen LogP contribution in [0.15, 0.2) is 54.6 Å². The number of nitrogens with one attached hydrogen (secondary N) is 1. The van der Waals surface area contributed by atoms with Gasteiger partial charge in [0.2, 0.25) is 0 Å². The number of aliphatic hydroxyl groups is 1. The lowest BCUT2D eigenvalue weighted by Crippen LogP contribution is -2.35. The monoisotopic (exact) mass is 309 g/mol. The molecule has 0 aliphatic rings. The molecule has 0 aliphatic heterocycles. The Morgan fingerprint density at radius 3 is 2.57 bits per heavy atom. The van der Waals surface area contributed by atoms with Gasteiger partial charge in [0.15, 0.2) is 5.69 Å². The summed E-state index contributed by atoms with van der Waals surface area (Å²) in [6.45, 7) is 0.778. The Bertz CT molecular complexity index is 783. The SMILES string of the molecule is O=C(c1n[nH]c2ccccc12)N(CCO)CCc1ccccc1. The summed E-state index contributed by atoms with van der Waals surface area (Å²) in [5.74, 6) is -0.160. The Morgan fingerprint density at radius 2 is 1.78 bits per heavy atom. The minimum Gasteiger partial charge on any atom is -0.395 e. The number of H-pyrrole nitrogens is 1. The van der Waals surface area contributed by atoms with Crippen LogP contribution in [0.5, 0.6) is 0 Å². The number of hydrogen-bond donors (Lipinski definition) is 2. The molecule has 3 rings (SSSR count). The van der Waals surface area contributed by atoms with Gasteiger partial charge in [-0.05, 0) is 18.1 Å². The van der Waals surface area contributed by atoms with Gasteiger partial charge in [0.05, 0.1) is 12.1 Å². The normalized spacial score (nSPS) is 10.8. The average Bonchev–Trinajstić information content (AvgIpc) is 3.03. The minimum atomic E-state index is -0.160. The van der Waals surface area contributed by atoms with E-state index in [9.17, 15) is 9.90 Å². The zero-order valence-corrected chi connectivity index (χ0v) is 12.8. The molecule has 5 heteroatoms. The lowest BCUT2D eigenvalue weighted by Gasteiger charge is -2.21. The topological polar surface area (TPSA) is 69.2 Å². The number of rotatable bonds is 6. The number of aliphatic hydroxyl groups excluding tert-OH is 1. The van der Waals surface area contributed by atoms with Crippen molar-refractivity contribution in [1.82, 2.24) is 15.1 Å². The van der Waals surface area contributed by atoms with E-state index in [1.165, 1.54) is 0 Å². The van der Waals surface area contributed by atoms with Crippen LogP contribution in [0.3, 0.4) is 0 Å². The molecule has 0 aliphatic carbocycles. The van der Waals surface area contributed by atoms with E-state index < -0.39 is 0 Å². The van der Waals surface area contributed by atoms with E-state index in [1.807, 2.05) is 54.6 Å². The first-order chi connectivity index (χ1) is 11.3. The highest BCUT2D eigenvalue weighted by atomic mass is 16.3. The first-order valence-electron chi connectivity index (χ1n) is 7.67. The van der Waals surface area contributed by atoms with Crippen LogP contribution in [-0.4, -0.2) is 45.8 Å². The highest BCUT2D eigenvalue weighted by Gasteiger charge is 2.20. The first-order valence-corrected chi connectivity index (χ1v) is 7.67. The fraction of sp³-hybridized carbons (Fsp3) is 0.222. The number of fused-ring (bicyclic) bond motifs is 1. The molecule has 0 saturated heterocycles. The molecule has 0 saturated carbocycles. The molecule has 0 bridgehead atoms. The Morgan fingerprint density at radius 1 is 1.04 bits per heavy atom. The van der Waals surface area contributed by atoms with Gasteiger partial charge in [-0.15, -0.1) is 0 Å². The second kappa shape index (κ2) is 7.07. The molecule has 23 heavy (non-hydrogen) atoms. The molecule has 5 nitrogen and oxygen atoms in total. The fourth-order valence-electron chi connectivity index (χ4n) is 2.62. The summed E-state index contributed by atoms with van der Waals surface area (Å²) >= 11 is 0. The second-order valence-electron chi connectivity index (χ2n) is 5.37. The number of nitrogens with zero attached hydrogens (tertiary/aromatic N) is 2. The highest BCUT2D eigenvalue weighted by Crippen LogP contribution is 2.17. The van der Waals surface area contributed by atoms with Crippen LogP contribution in [0.1, 0.15) is 16.1 Å². The van der Waals surface area contributed by atoms with Crippen molar-refractivity contribution in [2.45, 2.75) is 6.42 Å². The molecule has 2 aromatic carbocycles. The predicted octanol–water partition coefficient (Wildman–Crippen LogP) is 2.24. The van der Waals surface area contributed by atoms with Crippen LogP contribution in [0.2, 0.25) is 0 Å². The van der Waals surface area contributed by atoms with Crippen molar-refractivity contribution in [2.75, 3.05) is 19.7 Å². The molecule has 1 heterocycles. The Balaban J connectivity index is 1.78. The molecule has 0 spiro atoms. The lowest BCUT2D eigenvalue weighted by molar-refractivity contribution is 0.0720. The van der Waals surface area contributed by atoms with Crippen LogP contribution in [0, 0.1) is 0 Å². The molecule has 0 atom stereocenters. The largest absolute Gasteiger partial charge is 0.395 e. The van der Waals surface area contributed by atoms with Crippen molar-refractivity contribution >= 4 is 16.8 Å². The summed E-state index contributed by atoms with van der Waals surface area (Å²) in [6, 6.07) is 17.5. The zero-order valence-electron chi connectivity index (χ0n) is 12.8. The Kier molecular flexibility index (Phi) is 4.68. The molecule has 0 radical (unpaired) electrons. The summed E-state index contributed by atoms with van der Waals surface area (Å²) < 4.78 is 0. The molecule has 1 aromatic heterocycles. The maximum Gasteiger partial charge on any atom is 0.275 e. The minimum absolute atomic E-state index is 0.0666. The third-order valence-electron chi connectivity index (χ3n) is 3.84. The zero-order chi connectivity index (χ0) is 16.1. The van der Waals surface area contributed by atoms with Crippen LogP contribution in [-0.2, 0) is 6.42 Å². The average molecular weight is 309 g/mol. The number of amides is 1. The molecular formula is C18H19N3O2. The Hall–Kier alpha value is -2.66. The van der Waals surface area contributed by atoms with Gasteiger partial charge in [-0.1, -0.05) is 48.5 Å². The van der Waals surface area contributed by atoms with Crippen molar-refractivity contribution in [1.29, 1.82) is 0 Å². The molecule has 2 N–H and O–H groups in total. The van der Waals surface area contributed by atoms with E-state index in [2.05, 4.69) is 10.2 Å². The second-order valence-corrected chi connectivity index (χ2v) is 5.37. The summed E-state index contributed by atoms with van der Waals surface area (Å²) in [5.41, 5.74) is 2.40. The van der Waals surface area contributed by atoms with E-state index in [4.69, 9.17) is 0 Å². The number of carbonyl (C=O) groups is 1. The van der Waals surface area contributed by atoms with Crippen LogP contribution in [0.25, 0.3) is 10.9 Å². The van der Waals surface area contributed by atoms with Crippen molar-refractivity contribution < 1.29 is 9.90 Å². The third kappa shape index (κ3) is 3.40. The van der Waals surface area contributed by atoms with Gasteiger partial charge in [-0.2, -0.15) is 5.10 Å². The first kappa shape index (κ1) is 15.2. The summed E-state index contributed by atoms with van der Waals surface area (Å²) in [4.78, 5) is 14.4. The summed E-state index contributed by atoms with van der Waals surface area (Å²) in [5, 5.41) is 17.1. The number of hydrogen-bond acceptors (Lipinski definition) is 3. The van der Waals surface area contributed by atoms with Gasteiger partial charge in [-0.25, -0.2) is 0 Å². The van der Waals surface area contributed by atoms with Crippen LogP contribution in [0.4, 0.5) is 0 Å². The van der Waals surface area contributed by atoms with E-state index in [0.717, 1.165) is 22.9 Å². The van der Waals surface area contributed by atoms with E-state index >= 15 is 0 Å². The smallest absolute Gasteiger partial charge is 0.275 e. The number of aromatic amines is 1. The van der Waals surface area contributed by atoms with Gasteiger partial charge < -0.3 is 10.0 Å². The van der Waals surface area contributed by atoms with Gasteiger partial charge in [-0.3, -0.25) is 9.89 Å². The van der Waals surface area contributed by atoms with Gasteiger partial charge in [0, 0.05) is 18.5 Å². The van der Waals surface area contributed by atoms with Crippen molar-refractivity contribution in [3.8, 4) is 0 Å².